The lowest BCUT2D eigenvalue weighted by atomic mass is 9.92. The summed E-state index contributed by atoms with van der Waals surface area (Å²) in [6.45, 7) is 4.53. The Kier molecular flexibility index (Phi) is 5.36. The molecule has 0 aliphatic carbocycles. The summed E-state index contributed by atoms with van der Waals surface area (Å²) in [5.74, 6) is 0.677. The molecule has 2 saturated heterocycles. The molecule has 5 heteroatoms. The molecule has 0 radical (unpaired) electrons. The summed E-state index contributed by atoms with van der Waals surface area (Å²) in [6.07, 6.45) is 5.41. The van der Waals surface area contributed by atoms with Gasteiger partial charge in [0.2, 0.25) is 0 Å². The first-order valence-corrected chi connectivity index (χ1v) is 11.3. The van der Waals surface area contributed by atoms with Gasteiger partial charge in [0, 0.05) is 36.2 Å². The van der Waals surface area contributed by atoms with Crippen molar-refractivity contribution in [1.82, 2.24) is 9.88 Å². The number of carbonyl (C=O) groups is 1. The van der Waals surface area contributed by atoms with Crippen molar-refractivity contribution in [3.63, 3.8) is 0 Å². The molecule has 1 unspecified atom stereocenters. The van der Waals surface area contributed by atoms with Crippen molar-refractivity contribution in [3.8, 4) is 11.1 Å². The summed E-state index contributed by atoms with van der Waals surface area (Å²) in [5, 5.41) is 1.03. The van der Waals surface area contributed by atoms with E-state index < -0.39 is 0 Å². The molecular formula is C26H29N3O2. The number of amides is 1. The molecule has 1 aromatic heterocycles. The van der Waals surface area contributed by atoms with Crippen LogP contribution < -0.4 is 5.73 Å². The van der Waals surface area contributed by atoms with Gasteiger partial charge in [0.15, 0.2) is 0 Å². The molecule has 3 aromatic rings. The third-order valence-electron chi connectivity index (χ3n) is 6.59. The van der Waals surface area contributed by atoms with Gasteiger partial charge in [-0.1, -0.05) is 18.2 Å². The minimum absolute atomic E-state index is 0.0140. The summed E-state index contributed by atoms with van der Waals surface area (Å²) in [4.78, 5) is 19.9. The van der Waals surface area contributed by atoms with Gasteiger partial charge in [0.1, 0.15) is 5.82 Å². The number of nitrogens with two attached hydrogens (primary N) is 1. The van der Waals surface area contributed by atoms with Crippen molar-refractivity contribution < 1.29 is 9.53 Å². The maximum absolute atomic E-state index is 13.2. The van der Waals surface area contributed by atoms with Gasteiger partial charge in [-0.05, 0) is 80.0 Å². The number of aryl methyl sites for hydroxylation is 1. The summed E-state index contributed by atoms with van der Waals surface area (Å²) >= 11 is 0. The van der Waals surface area contributed by atoms with Crippen LogP contribution in [0.15, 0.2) is 42.5 Å². The lowest BCUT2D eigenvalue weighted by molar-refractivity contribution is 0.0153. The first-order chi connectivity index (χ1) is 15.1. The van der Waals surface area contributed by atoms with Gasteiger partial charge in [-0.3, -0.25) is 4.79 Å². The molecule has 2 fully saturated rings. The maximum atomic E-state index is 13.2. The molecule has 5 rings (SSSR count). The van der Waals surface area contributed by atoms with E-state index in [2.05, 4.69) is 36.2 Å². The number of aromatic nitrogens is 1. The van der Waals surface area contributed by atoms with Crippen molar-refractivity contribution in [2.24, 2.45) is 0 Å². The van der Waals surface area contributed by atoms with Gasteiger partial charge in [-0.2, -0.15) is 0 Å². The monoisotopic (exact) mass is 415 g/mol. The average Bonchev–Trinajstić information content (AvgIpc) is 3.33. The maximum Gasteiger partial charge on any atom is 0.254 e. The van der Waals surface area contributed by atoms with Crippen LogP contribution in [0.2, 0.25) is 0 Å². The van der Waals surface area contributed by atoms with E-state index in [1.807, 2.05) is 23.1 Å². The van der Waals surface area contributed by atoms with E-state index in [1.54, 1.807) is 0 Å². The first-order valence-electron chi connectivity index (χ1n) is 11.3. The summed E-state index contributed by atoms with van der Waals surface area (Å²) in [7, 11) is 0. The van der Waals surface area contributed by atoms with Gasteiger partial charge >= 0.3 is 0 Å². The number of nitrogens with zero attached hydrogens (tertiary/aromatic N) is 2. The second-order valence-corrected chi connectivity index (χ2v) is 8.72. The molecule has 0 bridgehead atoms. The molecule has 5 nitrogen and oxygen atoms in total. The second-order valence-electron chi connectivity index (χ2n) is 8.72. The van der Waals surface area contributed by atoms with Crippen LogP contribution in [0.3, 0.4) is 0 Å². The summed E-state index contributed by atoms with van der Waals surface area (Å²) in [6, 6.07) is 14.3. The number of nitrogen functional groups attached to an aromatic ring is 1. The molecule has 160 valence electrons. The normalized spacial score (nSPS) is 19.1. The highest BCUT2D eigenvalue weighted by molar-refractivity contribution is 6.02. The van der Waals surface area contributed by atoms with Gasteiger partial charge in [0.25, 0.3) is 5.91 Å². The van der Waals surface area contributed by atoms with Crippen molar-refractivity contribution >= 4 is 22.6 Å². The fourth-order valence-electron chi connectivity index (χ4n) is 4.93. The minimum atomic E-state index is 0.0140. The molecule has 31 heavy (non-hydrogen) atoms. The van der Waals surface area contributed by atoms with Crippen molar-refractivity contribution in [1.29, 1.82) is 0 Å². The fraction of sp³-hybridized carbons (Fsp3) is 0.385. The Morgan fingerprint density at radius 1 is 1.10 bits per heavy atom. The van der Waals surface area contributed by atoms with Gasteiger partial charge in [-0.15, -0.1) is 0 Å². The number of carbonyl (C=O) groups excluding carboxylic acids is 1. The summed E-state index contributed by atoms with van der Waals surface area (Å²) in [5.41, 5.74) is 12.0. The average molecular weight is 416 g/mol. The quantitative estimate of drug-likeness (QED) is 0.633. The van der Waals surface area contributed by atoms with Crippen LogP contribution in [0, 0.1) is 6.92 Å². The zero-order chi connectivity index (χ0) is 21.4. The van der Waals surface area contributed by atoms with Crippen molar-refractivity contribution in [2.75, 3.05) is 25.4 Å². The van der Waals surface area contributed by atoms with E-state index >= 15 is 0 Å². The predicted molar refractivity (Wildman–Crippen MR) is 124 cm³/mol. The highest BCUT2D eigenvalue weighted by Gasteiger charge is 2.24. The number of anilines is 1. The number of fused-ring (bicyclic) bond motifs is 1. The molecule has 2 N–H and O–H groups in total. The SMILES string of the molecule is Cc1cccc(C(=O)N2CCCC2)c1-c1ccc2nc(N)c(C3CCCCO3)cc2c1. The Labute approximate surface area is 183 Å². The van der Waals surface area contributed by atoms with Gasteiger partial charge < -0.3 is 15.4 Å². The lowest BCUT2D eigenvalue weighted by Gasteiger charge is -2.24. The van der Waals surface area contributed by atoms with Crippen LogP contribution in [-0.4, -0.2) is 35.5 Å². The van der Waals surface area contributed by atoms with Crippen LogP contribution in [0.1, 0.15) is 59.7 Å². The number of ether oxygens (including phenoxy) is 1. The molecule has 1 amide bonds. The third-order valence-corrected chi connectivity index (χ3v) is 6.59. The summed E-state index contributed by atoms with van der Waals surface area (Å²) < 4.78 is 5.97. The highest BCUT2D eigenvalue weighted by atomic mass is 16.5. The molecule has 1 atom stereocenters. The van der Waals surface area contributed by atoms with E-state index in [-0.39, 0.29) is 12.0 Å². The topological polar surface area (TPSA) is 68.5 Å². The van der Waals surface area contributed by atoms with Crippen molar-refractivity contribution in [3.05, 3.63) is 59.2 Å². The fourth-order valence-corrected chi connectivity index (χ4v) is 4.93. The molecule has 2 aromatic carbocycles. The molecule has 2 aliphatic rings. The Hall–Kier alpha value is -2.92. The Morgan fingerprint density at radius 3 is 2.71 bits per heavy atom. The van der Waals surface area contributed by atoms with E-state index in [0.717, 1.165) is 90.5 Å². The number of hydrogen-bond donors (Lipinski definition) is 1. The van der Waals surface area contributed by atoms with E-state index in [1.165, 1.54) is 0 Å². The second kappa shape index (κ2) is 8.31. The predicted octanol–water partition coefficient (Wildman–Crippen LogP) is 5.27. The van der Waals surface area contributed by atoms with Crippen LogP contribution in [-0.2, 0) is 4.74 Å². The Balaban J connectivity index is 1.59. The Bertz CT molecular complexity index is 1130. The molecule has 0 spiro atoms. The number of hydrogen-bond acceptors (Lipinski definition) is 4. The van der Waals surface area contributed by atoms with Crippen LogP contribution in [0.4, 0.5) is 5.82 Å². The van der Waals surface area contributed by atoms with E-state index in [0.29, 0.717) is 5.82 Å². The van der Waals surface area contributed by atoms with Crippen LogP contribution in [0.25, 0.3) is 22.0 Å². The first kappa shape index (κ1) is 20.0. The van der Waals surface area contributed by atoms with E-state index in [4.69, 9.17) is 10.5 Å². The lowest BCUT2D eigenvalue weighted by Crippen LogP contribution is -2.28. The minimum Gasteiger partial charge on any atom is -0.383 e. The third kappa shape index (κ3) is 3.79. The Morgan fingerprint density at radius 2 is 1.94 bits per heavy atom. The molecule has 0 saturated carbocycles. The van der Waals surface area contributed by atoms with Crippen LogP contribution in [0.5, 0.6) is 0 Å². The number of likely N-dealkylation sites (tertiary alicyclic amines) is 1. The largest absolute Gasteiger partial charge is 0.383 e. The standard InChI is InChI=1S/C26H29N3O2/c1-17-7-6-8-20(26(30)29-12-3-4-13-29)24(17)18-10-11-22-19(15-18)16-21(25(27)28-22)23-9-2-5-14-31-23/h6-8,10-11,15-16,23H,2-5,9,12-14H2,1H3,(H2,27,28). The van der Waals surface area contributed by atoms with E-state index in [9.17, 15) is 4.79 Å². The van der Waals surface area contributed by atoms with Gasteiger partial charge in [0.05, 0.1) is 11.6 Å². The van der Waals surface area contributed by atoms with Crippen LogP contribution >= 0.6 is 0 Å². The molecular weight excluding hydrogens is 386 g/mol. The van der Waals surface area contributed by atoms with Crippen molar-refractivity contribution in [2.45, 2.75) is 45.1 Å². The highest BCUT2D eigenvalue weighted by Crippen LogP contribution is 2.35. The number of rotatable bonds is 3. The number of pyridine rings is 1. The smallest absolute Gasteiger partial charge is 0.254 e. The number of benzene rings is 2. The molecule has 3 heterocycles. The zero-order valence-electron chi connectivity index (χ0n) is 18.1. The molecule has 2 aliphatic heterocycles. The zero-order valence-corrected chi connectivity index (χ0v) is 18.1. The van der Waals surface area contributed by atoms with Gasteiger partial charge in [-0.25, -0.2) is 4.98 Å².